The van der Waals surface area contributed by atoms with Crippen LogP contribution in [0.5, 0.6) is 5.75 Å². The van der Waals surface area contributed by atoms with E-state index >= 15 is 0 Å². The van der Waals surface area contributed by atoms with Gasteiger partial charge in [-0.3, -0.25) is 14.5 Å². The summed E-state index contributed by atoms with van der Waals surface area (Å²) in [5.74, 6) is -2.68. The monoisotopic (exact) mass is 451 g/mol. The van der Waals surface area contributed by atoms with Crippen LogP contribution in [0.15, 0.2) is 72.3 Å². The van der Waals surface area contributed by atoms with Gasteiger partial charge in [0.25, 0.3) is 11.7 Å². The molecule has 5 nitrogen and oxygen atoms in total. The lowest BCUT2D eigenvalue weighted by atomic mass is 9.94. The zero-order chi connectivity index (χ0) is 23.0. The minimum atomic E-state index is -0.943. The molecule has 3 aromatic rings. The number of nitrogens with zero attached hydrogens (tertiary/aromatic N) is 1. The molecule has 0 spiro atoms. The van der Waals surface area contributed by atoms with E-state index in [1.165, 1.54) is 24.1 Å². The summed E-state index contributed by atoms with van der Waals surface area (Å²) in [6, 6.07) is 16.5. The van der Waals surface area contributed by atoms with Gasteiger partial charge in [-0.15, -0.1) is 0 Å². The number of ketones is 1. The molecule has 1 heterocycles. The number of halogens is 2. The van der Waals surface area contributed by atoms with E-state index in [-0.39, 0.29) is 16.9 Å². The van der Waals surface area contributed by atoms with Crippen LogP contribution in [0, 0.1) is 12.7 Å². The maximum atomic E-state index is 14.0. The average molecular weight is 452 g/mol. The van der Waals surface area contributed by atoms with Crippen molar-refractivity contribution < 1.29 is 23.8 Å². The SMILES string of the molecule is COc1ccc(F)cc1/C(O)=C1\C(=O)C(=O)N(c2cccc(Cl)c2C)C1c1ccccc1. The van der Waals surface area contributed by atoms with E-state index in [0.29, 0.717) is 21.8 Å². The van der Waals surface area contributed by atoms with Gasteiger partial charge in [-0.05, 0) is 48.4 Å². The number of aliphatic hydroxyl groups is 1. The fourth-order valence-electron chi connectivity index (χ4n) is 3.90. The Morgan fingerprint density at radius 2 is 1.78 bits per heavy atom. The van der Waals surface area contributed by atoms with E-state index in [1.54, 1.807) is 55.5 Å². The molecule has 0 aliphatic carbocycles. The van der Waals surface area contributed by atoms with Gasteiger partial charge in [0.05, 0.1) is 24.3 Å². The minimum Gasteiger partial charge on any atom is -0.507 e. The Morgan fingerprint density at radius 3 is 2.47 bits per heavy atom. The van der Waals surface area contributed by atoms with Gasteiger partial charge in [-0.2, -0.15) is 0 Å². The molecule has 0 saturated carbocycles. The van der Waals surface area contributed by atoms with Crippen molar-refractivity contribution in [3.05, 3.63) is 99.8 Å². The molecule has 1 aliphatic heterocycles. The maximum absolute atomic E-state index is 14.0. The predicted molar refractivity (Wildman–Crippen MR) is 120 cm³/mol. The van der Waals surface area contributed by atoms with Crippen LogP contribution in [0.4, 0.5) is 10.1 Å². The third-order valence-corrected chi connectivity index (χ3v) is 5.88. The second-order valence-electron chi connectivity index (χ2n) is 7.31. The Balaban J connectivity index is 2.01. The van der Waals surface area contributed by atoms with Gasteiger partial charge in [-0.25, -0.2) is 4.39 Å². The van der Waals surface area contributed by atoms with Gasteiger partial charge in [0.2, 0.25) is 0 Å². The molecule has 1 unspecified atom stereocenters. The van der Waals surface area contributed by atoms with Crippen molar-refractivity contribution in [1.82, 2.24) is 0 Å². The first kappa shape index (κ1) is 21.6. The van der Waals surface area contributed by atoms with Crippen LogP contribution in [-0.4, -0.2) is 23.9 Å². The lowest BCUT2D eigenvalue weighted by molar-refractivity contribution is -0.132. The molecule has 1 saturated heterocycles. The Kier molecular flexibility index (Phi) is 5.72. The number of carbonyl (C=O) groups is 2. The van der Waals surface area contributed by atoms with Gasteiger partial charge in [0.1, 0.15) is 17.3 Å². The summed E-state index contributed by atoms with van der Waals surface area (Å²) in [5, 5.41) is 11.6. The van der Waals surface area contributed by atoms with Crippen LogP contribution in [0.1, 0.15) is 22.7 Å². The van der Waals surface area contributed by atoms with E-state index in [2.05, 4.69) is 0 Å². The van der Waals surface area contributed by atoms with Crippen molar-refractivity contribution in [2.24, 2.45) is 0 Å². The van der Waals surface area contributed by atoms with Crippen LogP contribution >= 0.6 is 11.6 Å². The minimum absolute atomic E-state index is 0.0192. The summed E-state index contributed by atoms with van der Waals surface area (Å²) >= 11 is 6.28. The van der Waals surface area contributed by atoms with Gasteiger partial charge < -0.3 is 9.84 Å². The Bertz CT molecular complexity index is 1260. The number of carbonyl (C=O) groups excluding carboxylic acids is 2. The van der Waals surface area contributed by atoms with Crippen LogP contribution in [0.3, 0.4) is 0 Å². The molecule has 1 N–H and O–H groups in total. The molecule has 3 aromatic carbocycles. The lowest BCUT2D eigenvalue weighted by Crippen LogP contribution is -2.30. The number of hydrogen-bond donors (Lipinski definition) is 1. The highest BCUT2D eigenvalue weighted by Crippen LogP contribution is 2.44. The zero-order valence-corrected chi connectivity index (χ0v) is 18.1. The first-order valence-corrected chi connectivity index (χ1v) is 10.2. The average Bonchev–Trinajstić information content (AvgIpc) is 3.06. The van der Waals surface area contributed by atoms with Crippen molar-refractivity contribution in [3.8, 4) is 5.75 Å². The quantitative estimate of drug-likeness (QED) is 0.326. The lowest BCUT2D eigenvalue weighted by Gasteiger charge is -2.27. The fourth-order valence-corrected chi connectivity index (χ4v) is 4.07. The topological polar surface area (TPSA) is 66.8 Å². The summed E-state index contributed by atoms with van der Waals surface area (Å²) in [6.07, 6.45) is 0. The second-order valence-corrected chi connectivity index (χ2v) is 7.72. The van der Waals surface area contributed by atoms with Crippen LogP contribution < -0.4 is 9.64 Å². The van der Waals surface area contributed by atoms with Crippen molar-refractivity contribution in [2.45, 2.75) is 13.0 Å². The molecule has 4 rings (SSSR count). The first-order chi connectivity index (χ1) is 15.3. The highest BCUT2D eigenvalue weighted by atomic mass is 35.5. The summed E-state index contributed by atoms with van der Waals surface area (Å²) < 4.78 is 19.2. The van der Waals surface area contributed by atoms with Crippen LogP contribution in [0.2, 0.25) is 5.02 Å². The van der Waals surface area contributed by atoms with Crippen molar-refractivity contribution >= 4 is 34.7 Å². The van der Waals surface area contributed by atoms with E-state index in [9.17, 15) is 19.1 Å². The number of aliphatic hydroxyl groups excluding tert-OH is 1. The van der Waals surface area contributed by atoms with Crippen molar-refractivity contribution in [2.75, 3.05) is 12.0 Å². The molecular weight excluding hydrogens is 433 g/mol. The smallest absolute Gasteiger partial charge is 0.300 e. The number of benzene rings is 3. The highest BCUT2D eigenvalue weighted by molar-refractivity contribution is 6.52. The van der Waals surface area contributed by atoms with Crippen molar-refractivity contribution in [1.29, 1.82) is 0 Å². The van der Waals surface area contributed by atoms with Crippen LogP contribution in [0.25, 0.3) is 5.76 Å². The van der Waals surface area contributed by atoms with Gasteiger partial charge >= 0.3 is 0 Å². The second kappa shape index (κ2) is 8.48. The summed E-state index contributed by atoms with van der Waals surface area (Å²) in [5.41, 5.74) is 1.47. The summed E-state index contributed by atoms with van der Waals surface area (Å²) in [4.78, 5) is 27.7. The van der Waals surface area contributed by atoms with Gasteiger partial charge in [0.15, 0.2) is 0 Å². The van der Waals surface area contributed by atoms with E-state index in [0.717, 1.165) is 6.07 Å². The number of amides is 1. The molecule has 7 heteroatoms. The molecule has 1 aliphatic rings. The fraction of sp³-hybridized carbons (Fsp3) is 0.120. The third kappa shape index (κ3) is 3.52. The molecular formula is C25H19ClFNO4. The molecule has 32 heavy (non-hydrogen) atoms. The van der Waals surface area contributed by atoms with E-state index in [1.807, 2.05) is 0 Å². The number of hydrogen-bond acceptors (Lipinski definition) is 4. The number of Topliss-reactive ketones (excluding diaryl/α,β-unsaturated/α-hetero) is 1. The van der Waals surface area contributed by atoms with E-state index in [4.69, 9.17) is 16.3 Å². The molecule has 1 fully saturated rings. The Labute approximate surface area is 189 Å². The Morgan fingerprint density at radius 1 is 1.06 bits per heavy atom. The Hall–Kier alpha value is -3.64. The highest BCUT2D eigenvalue weighted by Gasteiger charge is 2.47. The normalized spacial score (nSPS) is 17.6. The third-order valence-electron chi connectivity index (χ3n) is 5.48. The largest absolute Gasteiger partial charge is 0.507 e. The van der Waals surface area contributed by atoms with Crippen LogP contribution in [-0.2, 0) is 9.59 Å². The molecule has 162 valence electrons. The van der Waals surface area contributed by atoms with E-state index < -0.39 is 29.3 Å². The number of rotatable bonds is 4. The number of anilines is 1. The summed E-state index contributed by atoms with van der Waals surface area (Å²) in [6.45, 7) is 1.74. The standard InChI is InChI=1S/C25H19ClFNO4/c1-14-18(26)9-6-10-19(14)28-22(15-7-4-3-5-8-15)21(24(30)25(28)31)23(29)17-13-16(27)11-12-20(17)32-2/h3-13,22,29H,1-2H3/b23-21+. The zero-order valence-electron chi connectivity index (χ0n) is 17.3. The summed E-state index contributed by atoms with van der Waals surface area (Å²) in [7, 11) is 1.37. The molecule has 1 amide bonds. The maximum Gasteiger partial charge on any atom is 0.300 e. The van der Waals surface area contributed by atoms with Crippen molar-refractivity contribution in [3.63, 3.8) is 0 Å². The van der Waals surface area contributed by atoms with Gasteiger partial charge in [-0.1, -0.05) is 48.0 Å². The molecule has 0 radical (unpaired) electrons. The first-order valence-electron chi connectivity index (χ1n) is 9.80. The molecule has 1 atom stereocenters. The predicted octanol–water partition coefficient (Wildman–Crippen LogP) is 5.42. The molecule has 0 aromatic heterocycles. The van der Waals surface area contributed by atoms with Gasteiger partial charge in [0, 0.05) is 10.7 Å². The number of ether oxygens (including phenoxy) is 1. The number of methoxy groups -OCH3 is 1. The molecule has 0 bridgehead atoms.